The molecule has 84 valence electrons. The highest BCUT2D eigenvalue weighted by Crippen LogP contribution is 2.32. The number of likely N-dealkylation sites (N-methyl/N-ethyl adjacent to an activating group) is 1. The van der Waals surface area contributed by atoms with Crippen LogP contribution in [-0.4, -0.2) is 37.7 Å². The molecule has 0 radical (unpaired) electrons. The van der Waals surface area contributed by atoms with Gasteiger partial charge in [-0.2, -0.15) is 0 Å². The third-order valence-electron chi connectivity index (χ3n) is 2.89. The molecule has 2 N–H and O–H groups in total. The number of rotatable bonds is 2. The fourth-order valence-electron chi connectivity index (χ4n) is 2.07. The molecule has 2 heterocycles. The van der Waals surface area contributed by atoms with E-state index < -0.39 is 0 Å². The summed E-state index contributed by atoms with van der Waals surface area (Å²) < 4.78 is 5.71. The third-order valence-corrected chi connectivity index (χ3v) is 3.96. The van der Waals surface area contributed by atoms with Crippen molar-refractivity contribution in [2.24, 2.45) is 5.73 Å². The van der Waals surface area contributed by atoms with Crippen LogP contribution in [0.25, 0.3) is 0 Å². The van der Waals surface area contributed by atoms with E-state index in [1.165, 1.54) is 9.75 Å². The molecule has 1 aliphatic rings. The standard InChI is InChI=1S/C11H18N2OS/c1-8-3-4-10(15-8)11-9(7-12)14-6-5-13(11)2/h3-4,9,11H,5-7,12H2,1-2H3. The zero-order valence-electron chi connectivity index (χ0n) is 9.27. The normalized spacial score (nSPS) is 28.2. The van der Waals surface area contributed by atoms with E-state index in [0.29, 0.717) is 12.6 Å². The highest BCUT2D eigenvalue weighted by atomic mass is 32.1. The first-order valence-corrected chi connectivity index (χ1v) is 6.12. The molecule has 4 heteroatoms. The van der Waals surface area contributed by atoms with Crippen molar-refractivity contribution in [3.63, 3.8) is 0 Å². The highest BCUT2D eigenvalue weighted by Gasteiger charge is 2.31. The number of nitrogens with zero attached hydrogens (tertiary/aromatic N) is 1. The first kappa shape index (κ1) is 11.1. The molecule has 1 aromatic heterocycles. The average Bonchev–Trinajstić information content (AvgIpc) is 2.64. The molecule has 3 nitrogen and oxygen atoms in total. The Bertz CT molecular complexity index is 326. The van der Waals surface area contributed by atoms with Gasteiger partial charge in [-0.3, -0.25) is 4.90 Å². The van der Waals surface area contributed by atoms with Gasteiger partial charge in [-0.05, 0) is 26.1 Å². The van der Waals surface area contributed by atoms with Gasteiger partial charge in [0.1, 0.15) is 0 Å². The number of hydrogen-bond acceptors (Lipinski definition) is 4. The molecule has 1 aliphatic heterocycles. The molecule has 1 aromatic rings. The van der Waals surface area contributed by atoms with E-state index in [-0.39, 0.29) is 6.10 Å². The van der Waals surface area contributed by atoms with Crippen LogP contribution in [0.5, 0.6) is 0 Å². The lowest BCUT2D eigenvalue weighted by atomic mass is 10.1. The lowest BCUT2D eigenvalue weighted by molar-refractivity contribution is -0.0564. The lowest BCUT2D eigenvalue weighted by Crippen LogP contribution is -2.46. The molecule has 1 saturated heterocycles. The van der Waals surface area contributed by atoms with Crippen molar-refractivity contribution < 1.29 is 4.74 Å². The molecule has 0 aliphatic carbocycles. The fourth-order valence-corrected chi connectivity index (χ4v) is 3.17. The minimum Gasteiger partial charge on any atom is -0.374 e. The molecule has 2 atom stereocenters. The van der Waals surface area contributed by atoms with Crippen molar-refractivity contribution in [1.82, 2.24) is 4.90 Å². The van der Waals surface area contributed by atoms with Gasteiger partial charge in [0, 0.05) is 22.8 Å². The van der Waals surface area contributed by atoms with Gasteiger partial charge in [0.25, 0.3) is 0 Å². The van der Waals surface area contributed by atoms with E-state index in [0.717, 1.165) is 13.2 Å². The summed E-state index contributed by atoms with van der Waals surface area (Å²) >= 11 is 1.84. The van der Waals surface area contributed by atoms with Crippen molar-refractivity contribution in [2.45, 2.75) is 19.1 Å². The zero-order chi connectivity index (χ0) is 10.8. The maximum atomic E-state index is 5.75. The van der Waals surface area contributed by atoms with Gasteiger partial charge >= 0.3 is 0 Å². The summed E-state index contributed by atoms with van der Waals surface area (Å²) in [5.74, 6) is 0. The van der Waals surface area contributed by atoms with Gasteiger partial charge in [0.2, 0.25) is 0 Å². The van der Waals surface area contributed by atoms with Crippen LogP contribution >= 0.6 is 11.3 Å². The molecule has 2 unspecified atom stereocenters. The number of ether oxygens (including phenoxy) is 1. The Morgan fingerprint density at radius 3 is 3.00 bits per heavy atom. The first-order chi connectivity index (χ1) is 7.22. The molecular formula is C11H18N2OS. The quantitative estimate of drug-likeness (QED) is 0.828. The lowest BCUT2D eigenvalue weighted by Gasteiger charge is -2.38. The predicted molar refractivity (Wildman–Crippen MR) is 63.2 cm³/mol. The van der Waals surface area contributed by atoms with E-state index >= 15 is 0 Å². The Labute approximate surface area is 94.8 Å². The Kier molecular flexibility index (Phi) is 3.41. The summed E-state index contributed by atoms with van der Waals surface area (Å²) in [5.41, 5.74) is 5.75. The number of aryl methyl sites for hydroxylation is 1. The summed E-state index contributed by atoms with van der Waals surface area (Å²) in [6.07, 6.45) is 0.141. The second-order valence-electron chi connectivity index (χ2n) is 4.02. The number of morpholine rings is 1. The van der Waals surface area contributed by atoms with Crippen molar-refractivity contribution >= 4 is 11.3 Å². The third kappa shape index (κ3) is 2.23. The van der Waals surface area contributed by atoms with Crippen LogP contribution in [0.4, 0.5) is 0 Å². The smallest absolute Gasteiger partial charge is 0.0902 e. The fraction of sp³-hybridized carbons (Fsp3) is 0.636. The van der Waals surface area contributed by atoms with E-state index in [1.54, 1.807) is 0 Å². The van der Waals surface area contributed by atoms with Gasteiger partial charge in [0.15, 0.2) is 0 Å². The van der Waals surface area contributed by atoms with Crippen LogP contribution in [0.15, 0.2) is 12.1 Å². The van der Waals surface area contributed by atoms with Crippen molar-refractivity contribution in [3.8, 4) is 0 Å². The first-order valence-electron chi connectivity index (χ1n) is 5.30. The number of nitrogens with two attached hydrogens (primary N) is 1. The maximum absolute atomic E-state index is 5.75. The summed E-state index contributed by atoms with van der Waals surface area (Å²) in [6.45, 7) is 4.50. The average molecular weight is 226 g/mol. The molecule has 0 aromatic carbocycles. The maximum Gasteiger partial charge on any atom is 0.0902 e. The molecule has 15 heavy (non-hydrogen) atoms. The molecule has 2 rings (SSSR count). The summed E-state index contributed by atoms with van der Waals surface area (Å²) in [4.78, 5) is 5.05. The van der Waals surface area contributed by atoms with Crippen molar-refractivity contribution in [2.75, 3.05) is 26.7 Å². The van der Waals surface area contributed by atoms with Crippen molar-refractivity contribution in [1.29, 1.82) is 0 Å². The van der Waals surface area contributed by atoms with E-state index in [2.05, 4.69) is 31.0 Å². The largest absolute Gasteiger partial charge is 0.374 e. The second-order valence-corrected chi connectivity index (χ2v) is 5.34. The SMILES string of the molecule is Cc1ccc(C2C(CN)OCCN2C)s1. The molecule has 0 saturated carbocycles. The van der Waals surface area contributed by atoms with Gasteiger partial charge in [-0.1, -0.05) is 0 Å². The Morgan fingerprint density at radius 2 is 2.40 bits per heavy atom. The minimum atomic E-state index is 0.141. The van der Waals surface area contributed by atoms with Crippen LogP contribution in [0.3, 0.4) is 0 Å². The highest BCUT2D eigenvalue weighted by molar-refractivity contribution is 7.12. The monoisotopic (exact) mass is 226 g/mol. The molecule has 0 amide bonds. The van der Waals surface area contributed by atoms with E-state index in [4.69, 9.17) is 10.5 Å². The number of hydrogen-bond donors (Lipinski definition) is 1. The summed E-state index contributed by atoms with van der Waals surface area (Å²) in [7, 11) is 2.14. The Balaban J connectivity index is 2.22. The minimum absolute atomic E-state index is 0.141. The summed E-state index contributed by atoms with van der Waals surface area (Å²) in [6, 6.07) is 4.69. The van der Waals surface area contributed by atoms with E-state index in [9.17, 15) is 0 Å². The predicted octanol–water partition coefficient (Wildman–Crippen LogP) is 1.39. The van der Waals surface area contributed by atoms with Crippen LogP contribution in [-0.2, 0) is 4.74 Å². The molecular weight excluding hydrogens is 208 g/mol. The number of thiophene rings is 1. The van der Waals surface area contributed by atoms with Gasteiger partial charge in [0.05, 0.1) is 18.8 Å². The Morgan fingerprint density at radius 1 is 1.60 bits per heavy atom. The van der Waals surface area contributed by atoms with Gasteiger partial charge < -0.3 is 10.5 Å². The van der Waals surface area contributed by atoms with Crippen LogP contribution < -0.4 is 5.73 Å². The van der Waals surface area contributed by atoms with Crippen LogP contribution in [0, 0.1) is 6.92 Å². The molecule has 0 spiro atoms. The van der Waals surface area contributed by atoms with E-state index in [1.807, 2.05) is 11.3 Å². The molecule has 1 fully saturated rings. The topological polar surface area (TPSA) is 38.5 Å². The zero-order valence-corrected chi connectivity index (χ0v) is 10.1. The van der Waals surface area contributed by atoms with Crippen LogP contribution in [0.2, 0.25) is 0 Å². The Hall–Kier alpha value is -0.420. The molecule has 0 bridgehead atoms. The van der Waals surface area contributed by atoms with Crippen LogP contribution in [0.1, 0.15) is 15.8 Å². The van der Waals surface area contributed by atoms with Gasteiger partial charge in [-0.25, -0.2) is 0 Å². The second kappa shape index (κ2) is 4.61. The summed E-state index contributed by atoms with van der Waals surface area (Å²) in [5, 5.41) is 0. The van der Waals surface area contributed by atoms with Crippen molar-refractivity contribution in [3.05, 3.63) is 21.9 Å². The van der Waals surface area contributed by atoms with Gasteiger partial charge in [-0.15, -0.1) is 11.3 Å².